The Kier molecular flexibility index (Phi) is 4.76. The molecule has 7 nitrogen and oxygen atoms in total. The predicted octanol–water partition coefficient (Wildman–Crippen LogP) is 2.56. The van der Waals surface area contributed by atoms with Crippen molar-refractivity contribution in [3.05, 3.63) is 53.6 Å². The third-order valence-electron chi connectivity index (χ3n) is 6.74. The third kappa shape index (κ3) is 3.58. The lowest BCUT2D eigenvalue weighted by molar-refractivity contribution is -0.133. The molecule has 3 aliphatic heterocycles. The summed E-state index contributed by atoms with van der Waals surface area (Å²) in [6.45, 7) is 3.04. The van der Waals surface area contributed by atoms with Crippen LogP contribution in [-0.2, 0) is 9.59 Å². The number of allylic oxidation sites excluding steroid dienone is 3. The Balaban J connectivity index is 1.24. The number of hydrogen-bond acceptors (Lipinski definition) is 5. The number of carbonyl (C=O) groups is 3. The van der Waals surface area contributed by atoms with Crippen molar-refractivity contribution in [3.63, 3.8) is 0 Å². The molecule has 160 valence electrons. The highest BCUT2D eigenvalue weighted by Crippen LogP contribution is 2.39. The number of hydrazone groups is 1. The van der Waals surface area contributed by atoms with E-state index >= 15 is 0 Å². The van der Waals surface area contributed by atoms with E-state index in [-0.39, 0.29) is 35.9 Å². The molecule has 3 heterocycles. The van der Waals surface area contributed by atoms with Gasteiger partial charge in [-0.1, -0.05) is 35.9 Å². The van der Waals surface area contributed by atoms with Gasteiger partial charge in [-0.2, -0.15) is 5.10 Å². The predicted molar refractivity (Wildman–Crippen MR) is 115 cm³/mol. The molecule has 1 aromatic carbocycles. The number of nitrogens with one attached hydrogen (secondary N) is 1. The van der Waals surface area contributed by atoms with E-state index in [1.807, 2.05) is 54.3 Å². The molecule has 1 spiro atoms. The first-order valence-electron chi connectivity index (χ1n) is 10.8. The van der Waals surface area contributed by atoms with Gasteiger partial charge in [0.2, 0.25) is 11.8 Å². The Hall–Kier alpha value is -3.22. The van der Waals surface area contributed by atoms with Crippen molar-refractivity contribution >= 4 is 23.3 Å². The van der Waals surface area contributed by atoms with Gasteiger partial charge in [-0.25, -0.2) is 5.43 Å². The van der Waals surface area contributed by atoms with E-state index < -0.39 is 5.60 Å². The molecule has 0 bridgehead atoms. The number of carbonyl (C=O) groups excluding carboxylic acids is 3. The SMILES string of the molecule is Cc1ccc2c(c1)C(=O)CC1(CCN(C(=O)CC3=NNC(=O)[C@@H]4C=CC=C[C@H]34)CC1)O2. The molecule has 1 N–H and O–H groups in total. The summed E-state index contributed by atoms with van der Waals surface area (Å²) < 4.78 is 6.30. The molecule has 0 saturated carbocycles. The van der Waals surface area contributed by atoms with E-state index in [1.54, 1.807) is 0 Å². The molecule has 0 aromatic heterocycles. The van der Waals surface area contributed by atoms with E-state index in [0.717, 1.165) is 5.56 Å². The molecule has 1 saturated heterocycles. The Morgan fingerprint density at radius 2 is 1.94 bits per heavy atom. The fourth-order valence-electron chi connectivity index (χ4n) is 4.93. The highest BCUT2D eigenvalue weighted by molar-refractivity contribution is 6.07. The lowest BCUT2D eigenvalue weighted by atomic mass is 9.81. The lowest BCUT2D eigenvalue weighted by Gasteiger charge is -2.44. The zero-order valence-corrected chi connectivity index (χ0v) is 17.5. The van der Waals surface area contributed by atoms with Crippen LogP contribution in [0.3, 0.4) is 0 Å². The molecular weight excluding hydrogens is 394 g/mol. The van der Waals surface area contributed by atoms with Gasteiger partial charge in [0.15, 0.2) is 5.78 Å². The summed E-state index contributed by atoms with van der Waals surface area (Å²) in [5, 5.41) is 4.17. The van der Waals surface area contributed by atoms with Gasteiger partial charge in [-0.05, 0) is 19.1 Å². The normalized spacial score (nSPS) is 26.0. The smallest absolute Gasteiger partial charge is 0.247 e. The maximum absolute atomic E-state index is 13.0. The molecule has 1 fully saturated rings. The number of nitrogens with zero attached hydrogens (tertiary/aromatic N) is 2. The summed E-state index contributed by atoms with van der Waals surface area (Å²) in [4.78, 5) is 39.5. The Labute approximate surface area is 180 Å². The van der Waals surface area contributed by atoms with Crippen molar-refractivity contribution in [1.82, 2.24) is 10.3 Å². The van der Waals surface area contributed by atoms with Gasteiger partial charge in [0.05, 0.1) is 30.0 Å². The van der Waals surface area contributed by atoms with Crippen molar-refractivity contribution in [2.75, 3.05) is 13.1 Å². The van der Waals surface area contributed by atoms with E-state index in [0.29, 0.717) is 49.4 Å². The summed E-state index contributed by atoms with van der Waals surface area (Å²) >= 11 is 0. The molecular formula is C24H25N3O4. The first-order chi connectivity index (χ1) is 14.9. The average Bonchev–Trinajstić information content (AvgIpc) is 2.77. The number of fused-ring (bicyclic) bond motifs is 2. The van der Waals surface area contributed by atoms with Gasteiger partial charge in [0, 0.05) is 31.8 Å². The molecule has 4 aliphatic rings. The number of rotatable bonds is 2. The van der Waals surface area contributed by atoms with E-state index in [1.165, 1.54) is 0 Å². The number of likely N-dealkylation sites (tertiary alicyclic amines) is 1. The molecule has 31 heavy (non-hydrogen) atoms. The van der Waals surface area contributed by atoms with Crippen molar-refractivity contribution in [2.45, 2.75) is 38.2 Å². The molecule has 2 amide bonds. The Morgan fingerprint density at radius 1 is 1.19 bits per heavy atom. The van der Waals surface area contributed by atoms with Crippen molar-refractivity contribution in [2.24, 2.45) is 16.9 Å². The van der Waals surface area contributed by atoms with Gasteiger partial charge in [0.25, 0.3) is 0 Å². The van der Waals surface area contributed by atoms with Crippen LogP contribution in [0.2, 0.25) is 0 Å². The number of Topliss-reactive ketones (excluding diaryl/α,β-unsaturated/α-hetero) is 1. The molecule has 1 aromatic rings. The third-order valence-corrected chi connectivity index (χ3v) is 6.74. The first kappa shape index (κ1) is 19.7. The summed E-state index contributed by atoms with van der Waals surface area (Å²) in [7, 11) is 0. The summed E-state index contributed by atoms with van der Waals surface area (Å²) in [6, 6.07) is 5.71. The van der Waals surface area contributed by atoms with Crippen LogP contribution in [0.5, 0.6) is 5.75 Å². The second-order valence-corrected chi connectivity index (χ2v) is 8.84. The van der Waals surface area contributed by atoms with Crippen LogP contribution >= 0.6 is 0 Å². The maximum atomic E-state index is 13.0. The fraction of sp³-hybridized carbons (Fsp3) is 0.417. The zero-order valence-electron chi connectivity index (χ0n) is 17.5. The minimum atomic E-state index is -0.533. The number of aryl methyl sites for hydroxylation is 1. The van der Waals surface area contributed by atoms with Gasteiger partial charge in [-0.3, -0.25) is 14.4 Å². The Morgan fingerprint density at radius 3 is 2.71 bits per heavy atom. The lowest BCUT2D eigenvalue weighted by Crippen LogP contribution is -2.52. The van der Waals surface area contributed by atoms with Gasteiger partial charge < -0.3 is 9.64 Å². The molecule has 5 rings (SSSR count). The highest BCUT2D eigenvalue weighted by Gasteiger charge is 2.44. The summed E-state index contributed by atoms with van der Waals surface area (Å²) in [6.07, 6.45) is 9.29. The molecule has 2 atom stereocenters. The second kappa shape index (κ2) is 7.48. The van der Waals surface area contributed by atoms with Gasteiger partial charge in [0.1, 0.15) is 11.4 Å². The number of benzene rings is 1. The monoisotopic (exact) mass is 419 g/mol. The van der Waals surface area contributed by atoms with Gasteiger partial charge in [-0.15, -0.1) is 0 Å². The molecule has 1 aliphatic carbocycles. The number of ketones is 1. The van der Waals surface area contributed by atoms with E-state index in [9.17, 15) is 14.4 Å². The average molecular weight is 419 g/mol. The van der Waals surface area contributed by atoms with Crippen LogP contribution in [0, 0.1) is 18.8 Å². The number of piperidine rings is 1. The molecule has 0 unspecified atom stereocenters. The van der Waals surface area contributed by atoms with Crippen molar-refractivity contribution in [1.29, 1.82) is 0 Å². The number of ether oxygens (including phenoxy) is 1. The van der Waals surface area contributed by atoms with Gasteiger partial charge >= 0.3 is 0 Å². The van der Waals surface area contributed by atoms with E-state index in [4.69, 9.17) is 4.74 Å². The number of hydrogen-bond donors (Lipinski definition) is 1. The second-order valence-electron chi connectivity index (χ2n) is 8.84. The topological polar surface area (TPSA) is 88.1 Å². The highest BCUT2D eigenvalue weighted by atomic mass is 16.5. The minimum absolute atomic E-state index is 0.00962. The fourth-order valence-corrected chi connectivity index (χ4v) is 4.93. The quantitative estimate of drug-likeness (QED) is 0.798. The Bertz CT molecular complexity index is 1050. The van der Waals surface area contributed by atoms with Crippen LogP contribution in [0.15, 0.2) is 47.6 Å². The number of amides is 2. The van der Waals surface area contributed by atoms with E-state index in [2.05, 4.69) is 10.5 Å². The summed E-state index contributed by atoms with van der Waals surface area (Å²) in [5.74, 6) is 0.136. The largest absolute Gasteiger partial charge is 0.486 e. The zero-order chi connectivity index (χ0) is 21.6. The first-order valence-corrected chi connectivity index (χ1v) is 10.8. The van der Waals surface area contributed by atoms with Crippen LogP contribution in [0.1, 0.15) is 41.6 Å². The minimum Gasteiger partial charge on any atom is -0.486 e. The van der Waals surface area contributed by atoms with Crippen LogP contribution in [-0.4, -0.2) is 46.9 Å². The summed E-state index contributed by atoms with van der Waals surface area (Å²) in [5.41, 5.74) is 4.39. The molecule has 7 heteroatoms. The van der Waals surface area contributed by atoms with Crippen LogP contribution in [0.25, 0.3) is 0 Å². The van der Waals surface area contributed by atoms with Crippen molar-refractivity contribution < 1.29 is 19.1 Å². The van der Waals surface area contributed by atoms with Crippen molar-refractivity contribution in [3.8, 4) is 5.75 Å². The maximum Gasteiger partial charge on any atom is 0.247 e. The van der Waals surface area contributed by atoms with Crippen LogP contribution < -0.4 is 10.2 Å². The standard InChI is InChI=1S/C24H25N3O4/c1-15-6-7-21-18(12-15)20(28)14-24(31-21)8-10-27(11-9-24)22(29)13-19-16-4-2-3-5-17(16)23(30)26-25-19/h2-7,12,16-17H,8-11,13-14H2,1H3,(H,26,30)/t16-,17+/m0/s1. The molecule has 0 radical (unpaired) electrons. The van der Waals surface area contributed by atoms with Crippen LogP contribution in [0.4, 0.5) is 0 Å².